The zero-order chi connectivity index (χ0) is 25.2. The Balaban J connectivity index is 1.13. The van der Waals surface area contributed by atoms with E-state index in [2.05, 4.69) is 11.4 Å². The van der Waals surface area contributed by atoms with Crippen LogP contribution in [-0.2, 0) is 24.3 Å². The van der Waals surface area contributed by atoms with Crippen molar-refractivity contribution >= 4 is 28.6 Å². The maximum Gasteiger partial charge on any atom is 0.264 e. The average Bonchev–Trinajstić information content (AvgIpc) is 3.37. The lowest BCUT2D eigenvalue weighted by atomic mass is 10.0. The molecule has 1 fully saturated rings. The Kier molecular flexibility index (Phi) is 6.85. The Labute approximate surface area is 219 Å². The molecule has 1 amide bonds. The fourth-order valence-electron chi connectivity index (χ4n) is 4.90. The number of thioether (sulfide) groups is 1. The molecule has 7 nitrogen and oxygen atoms in total. The van der Waals surface area contributed by atoms with Gasteiger partial charge in [0.05, 0.1) is 29.8 Å². The number of para-hydroxylation sites is 1. The molecule has 1 saturated carbocycles. The van der Waals surface area contributed by atoms with Gasteiger partial charge in [0.15, 0.2) is 5.16 Å². The van der Waals surface area contributed by atoms with Crippen molar-refractivity contribution in [1.82, 2.24) is 19.8 Å². The van der Waals surface area contributed by atoms with Gasteiger partial charge in [-0.25, -0.2) is 4.98 Å². The second-order valence-corrected chi connectivity index (χ2v) is 11.0. The summed E-state index contributed by atoms with van der Waals surface area (Å²) in [6.45, 7) is 2.18. The number of hydrogen-bond acceptors (Lipinski definition) is 6. The maximum absolute atomic E-state index is 13.7. The SMILES string of the molecule is O=C(CCNCc1ccc2occc2c1)N1CCc2nc(SC3CCC3)n(-c3ccccc3)c(=O)c2C1. The van der Waals surface area contributed by atoms with Gasteiger partial charge in [0, 0.05) is 43.1 Å². The predicted molar refractivity (Wildman–Crippen MR) is 145 cm³/mol. The molecule has 2 aliphatic rings. The standard InChI is InChI=1S/C29H30N4O3S/c34-27(11-14-30-18-20-9-10-26-21(17-20)13-16-36-26)32-15-12-25-24(19-32)28(35)33(22-5-2-1-3-6-22)29(31-25)37-23-7-4-8-23/h1-3,5-6,9-10,13,16-17,23,30H,4,7-8,11-12,14-15,18-19H2. The monoisotopic (exact) mass is 514 g/mol. The van der Waals surface area contributed by atoms with Crippen LogP contribution in [0.15, 0.2) is 75.2 Å². The molecule has 0 spiro atoms. The lowest BCUT2D eigenvalue weighted by Gasteiger charge is -2.30. The number of furan rings is 1. The number of nitrogens with zero attached hydrogens (tertiary/aromatic N) is 3. The van der Waals surface area contributed by atoms with E-state index in [1.165, 1.54) is 19.3 Å². The van der Waals surface area contributed by atoms with Gasteiger partial charge in [-0.15, -0.1) is 0 Å². The largest absolute Gasteiger partial charge is 0.464 e. The first kappa shape index (κ1) is 24.0. The molecule has 37 heavy (non-hydrogen) atoms. The van der Waals surface area contributed by atoms with E-state index in [4.69, 9.17) is 9.40 Å². The highest BCUT2D eigenvalue weighted by atomic mass is 32.2. The molecule has 6 rings (SSSR count). The number of rotatable bonds is 8. The molecule has 190 valence electrons. The van der Waals surface area contributed by atoms with Crippen LogP contribution in [-0.4, -0.2) is 38.7 Å². The van der Waals surface area contributed by atoms with Crippen molar-refractivity contribution in [1.29, 1.82) is 0 Å². The third kappa shape index (κ3) is 5.08. The van der Waals surface area contributed by atoms with Gasteiger partial charge in [0.25, 0.3) is 5.56 Å². The smallest absolute Gasteiger partial charge is 0.264 e. The molecule has 2 aromatic carbocycles. The quantitative estimate of drug-likeness (QED) is 0.272. The van der Waals surface area contributed by atoms with Crippen LogP contribution in [0.25, 0.3) is 16.7 Å². The Hall–Kier alpha value is -3.36. The summed E-state index contributed by atoms with van der Waals surface area (Å²) in [6, 6.07) is 17.8. The van der Waals surface area contributed by atoms with E-state index in [0.29, 0.717) is 49.8 Å². The van der Waals surface area contributed by atoms with Gasteiger partial charge in [0.1, 0.15) is 5.58 Å². The Morgan fingerprint density at radius 1 is 1.14 bits per heavy atom. The van der Waals surface area contributed by atoms with Crippen LogP contribution in [0.2, 0.25) is 0 Å². The van der Waals surface area contributed by atoms with Gasteiger partial charge in [-0.1, -0.05) is 42.4 Å². The van der Waals surface area contributed by atoms with E-state index in [-0.39, 0.29) is 11.5 Å². The number of fused-ring (bicyclic) bond motifs is 2. The molecule has 8 heteroatoms. The highest BCUT2D eigenvalue weighted by Crippen LogP contribution is 2.36. The van der Waals surface area contributed by atoms with Crippen molar-refractivity contribution in [2.24, 2.45) is 0 Å². The Morgan fingerprint density at radius 3 is 2.81 bits per heavy atom. The zero-order valence-corrected chi connectivity index (χ0v) is 21.5. The van der Waals surface area contributed by atoms with Crippen molar-refractivity contribution in [3.05, 3.63) is 88.0 Å². The van der Waals surface area contributed by atoms with Crippen molar-refractivity contribution in [2.45, 2.75) is 55.6 Å². The molecule has 1 aliphatic carbocycles. The van der Waals surface area contributed by atoms with Crippen molar-refractivity contribution < 1.29 is 9.21 Å². The van der Waals surface area contributed by atoms with E-state index >= 15 is 0 Å². The molecule has 0 bridgehead atoms. The normalized spacial score (nSPS) is 15.5. The molecule has 0 radical (unpaired) electrons. The third-order valence-corrected chi connectivity index (χ3v) is 8.54. The Bertz CT molecular complexity index is 1480. The average molecular weight is 515 g/mol. The number of hydrogen-bond donors (Lipinski definition) is 1. The second-order valence-electron chi connectivity index (χ2n) is 9.75. The fraction of sp³-hybridized carbons (Fsp3) is 0.345. The van der Waals surface area contributed by atoms with Crippen molar-refractivity contribution in [2.75, 3.05) is 13.1 Å². The molecular formula is C29H30N4O3S. The maximum atomic E-state index is 13.7. The first-order valence-corrected chi connectivity index (χ1v) is 13.9. The van der Waals surface area contributed by atoms with Crippen molar-refractivity contribution in [3.63, 3.8) is 0 Å². The highest BCUT2D eigenvalue weighted by Gasteiger charge is 2.28. The number of benzene rings is 2. The van der Waals surface area contributed by atoms with E-state index in [0.717, 1.165) is 33.1 Å². The van der Waals surface area contributed by atoms with E-state index in [1.54, 1.807) is 27.5 Å². The van der Waals surface area contributed by atoms with Crippen LogP contribution >= 0.6 is 11.8 Å². The number of aromatic nitrogens is 2. The summed E-state index contributed by atoms with van der Waals surface area (Å²) in [5.41, 5.74) is 4.28. The van der Waals surface area contributed by atoms with Crippen molar-refractivity contribution in [3.8, 4) is 5.69 Å². The van der Waals surface area contributed by atoms with Gasteiger partial charge in [-0.2, -0.15) is 0 Å². The molecule has 3 heterocycles. The summed E-state index contributed by atoms with van der Waals surface area (Å²) in [6.07, 6.45) is 6.27. The topological polar surface area (TPSA) is 80.4 Å². The minimum Gasteiger partial charge on any atom is -0.464 e. The van der Waals surface area contributed by atoms with Crippen LogP contribution in [0.1, 0.15) is 42.5 Å². The highest BCUT2D eigenvalue weighted by molar-refractivity contribution is 7.99. The molecule has 0 atom stereocenters. The number of carbonyl (C=O) groups is 1. The third-order valence-electron chi connectivity index (χ3n) is 7.25. The van der Waals surface area contributed by atoms with Gasteiger partial charge in [-0.3, -0.25) is 14.2 Å². The molecule has 0 unspecified atom stereocenters. The molecule has 1 N–H and O–H groups in total. The van der Waals surface area contributed by atoms with E-state index in [9.17, 15) is 9.59 Å². The zero-order valence-electron chi connectivity index (χ0n) is 20.7. The number of amides is 1. The van der Waals surface area contributed by atoms with Crippen LogP contribution in [0.3, 0.4) is 0 Å². The minimum absolute atomic E-state index is 0.0525. The summed E-state index contributed by atoms with van der Waals surface area (Å²) in [5, 5.41) is 5.74. The van der Waals surface area contributed by atoms with Crippen LogP contribution < -0.4 is 10.9 Å². The van der Waals surface area contributed by atoms with Gasteiger partial charge in [0.2, 0.25) is 5.91 Å². The number of nitrogens with one attached hydrogen (secondary N) is 1. The van der Waals surface area contributed by atoms with Gasteiger partial charge >= 0.3 is 0 Å². The van der Waals surface area contributed by atoms with Crippen LogP contribution in [0.5, 0.6) is 0 Å². The van der Waals surface area contributed by atoms with Crippen LogP contribution in [0, 0.1) is 0 Å². The van der Waals surface area contributed by atoms with Crippen LogP contribution in [0.4, 0.5) is 0 Å². The predicted octanol–water partition coefficient (Wildman–Crippen LogP) is 4.69. The second kappa shape index (κ2) is 10.6. The summed E-state index contributed by atoms with van der Waals surface area (Å²) in [7, 11) is 0. The Morgan fingerprint density at radius 2 is 2.00 bits per heavy atom. The molecule has 1 aliphatic heterocycles. The van der Waals surface area contributed by atoms with Gasteiger partial charge in [-0.05, 0) is 48.7 Å². The first-order chi connectivity index (χ1) is 18.2. The molecule has 0 saturated heterocycles. The lowest BCUT2D eigenvalue weighted by Crippen LogP contribution is -2.42. The molecule has 4 aromatic rings. The lowest BCUT2D eigenvalue weighted by molar-refractivity contribution is -0.132. The minimum atomic E-state index is -0.0525. The number of carbonyl (C=O) groups excluding carboxylic acids is 1. The summed E-state index contributed by atoms with van der Waals surface area (Å²) < 4.78 is 7.14. The fourth-order valence-corrected chi connectivity index (χ4v) is 6.23. The molecule has 2 aromatic heterocycles. The van der Waals surface area contributed by atoms with E-state index in [1.807, 2.05) is 48.5 Å². The summed E-state index contributed by atoms with van der Waals surface area (Å²) in [5.74, 6) is 0.0574. The van der Waals surface area contributed by atoms with E-state index < -0.39 is 0 Å². The van der Waals surface area contributed by atoms with Gasteiger partial charge < -0.3 is 14.6 Å². The summed E-state index contributed by atoms with van der Waals surface area (Å²) >= 11 is 1.72. The molecular weight excluding hydrogens is 484 g/mol. The summed E-state index contributed by atoms with van der Waals surface area (Å²) in [4.78, 5) is 33.5. The first-order valence-electron chi connectivity index (χ1n) is 13.0.